The van der Waals surface area contributed by atoms with E-state index in [4.69, 9.17) is 0 Å². The molecule has 0 spiro atoms. The Labute approximate surface area is 165 Å². The zero-order valence-electron chi connectivity index (χ0n) is 16.5. The fourth-order valence-corrected chi connectivity index (χ4v) is 4.11. The van der Waals surface area contributed by atoms with Crippen molar-refractivity contribution in [2.75, 3.05) is 31.1 Å². The number of hydrogen-bond acceptors (Lipinski definition) is 6. The third kappa shape index (κ3) is 4.67. The van der Waals surface area contributed by atoms with Crippen LogP contribution in [0.25, 0.3) is 0 Å². The Morgan fingerprint density at radius 3 is 2.68 bits per heavy atom. The van der Waals surface area contributed by atoms with Crippen LogP contribution in [-0.2, 0) is 13.6 Å². The largest absolute Gasteiger partial charge is 0.354 e. The van der Waals surface area contributed by atoms with Crippen molar-refractivity contribution in [1.29, 1.82) is 0 Å². The summed E-state index contributed by atoms with van der Waals surface area (Å²) in [7, 11) is 1.95. The summed E-state index contributed by atoms with van der Waals surface area (Å²) in [6, 6.07) is 4.02. The molecule has 150 valence electrons. The summed E-state index contributed by atoms with van der Waals surface area (Å²) in [6.45, 7) is 4.81. The maximum atomic E-state index is 12.3. The van der Waals surface area contributed by atoms with Crippen LogP contribution in [0.4, 0.5) is 5.82 Å². The fraction of sp³-hybridized carbons (Fsp3) is 0.600. The molecule has 2 fully saturated rings. The van der Waals surface area contributed by atoms with Crippen LogP contribution in [0.15, 0.2) is 24.5 Å². The Morgan fingerprint density at radius 1 is 1.11 bits per heavy atom. The predicted molar refractivity (Wildman–Crippen MR) is 107 cm³/mol. The van der Waals surface area contributed by atoms with Crippen molar-refractivity contribution in [3.8, 4) is 0 Å². The lowest BCUT2D eigenvalue weighted by Gasteiger charge is -2.22. The van der Waals surface area contributed by atoms with Gasteiger partial charge in [0.1, 0.15) is 0 Å². The molecule has 1 aliphatic heterocycles. The summed E-state index contributed by atoms with van der Waals surface area (Å²) < 4.78 is 1.85. The molecular formula is C20H29N7O. The number of anilines is 1. The van der Waals surface area contributed by atoms with Crippen molar-refractivity contribution < 1.29 is 4.79 Å². The zero-order chi connectivity index (χ0) is 19.3. The molecule has 3 heterocycles. The van der Waals surface area contributed by atoms with E-state index in [1.54, 1.807) is 6.07 Å². The first-order valence-corrected chi connectivity index (χ1v) is 10.3. The predicted octanol–water partition coefficient (Wildman–Crippen LogP) is 1.59. The molecule has 0 atom stereocenters. The fourth-order valence-electron chi connectivity index (χ4n) is 4.11. The van der Waals surface area contributed by atoms with Gasteiger partial charge >= 0.3 is 0 Å². The van der Waals surface area contributed by atoms with Gasteiger partial charge in [0, 0.05) is 57.6 Å². The first-order chi connectivity index (χ1) is 13.7. The van der Waals surface area contributed by atoms with Crippen molar-refractivity contribution in [3.05, 3.63) is 35.8 Å². The van der Waals surface area contributed by atoms with Crippen LogP contribution in [0, 0.1) is 0 Å². The molecule has 1 aliphatic carbocycles. The Balaban J connectivity index is 1.32. The summed E-state index contributed by atoms with van der Waals surface area (Å²) in [5.74, 6) is 0.741. The summed E-state index contributed by atoms with van der Waals surface area (Å²) in [5, 5.41) is 15.8. The Hall–Kier alpha value is -2.48. The Morgan fingerprint density at radius 2 is 1.96 bits per heavy atom. The lowest BCUT2D eigenvalue weighted by Crippen LogP contribution is -2.34. The molecule has 8 heteroatoms. The molecule has 2 aromatic rings. The van der Waals surface area contributed by atoms with Gasteiger partial charge in [0.15, 0.2) is 11.5 Å². The molecule has 0 radical (unpaired) electrons. The van der Waals surface area contributed by atoms with Gasteiger partial charge in [0.05, 0.1) is 6.20 Å². The molecule has 1 N–H and O–H groups in total. The summed E-state index contributed by atoms with van der Waals surface area (Å²) >= 11 is 0. The van der Waals surface area contributed by atoms with E-state index in [1.165, 1.54) is 18.4 Å². The van der Waals surface area contributed by atoms with Gasteiger partial charge < -0.3 is 10.2 Å². The molecule has 28 heavy (non-hydrogen) atoms. The van der Waals surface area contributed by atoms with Crippen LogP contribution in [0.1, 0.15) is 48.2 Å². The van der Waals surface area contributed by atoms with Gasteiger partial charge in [-0.1, -0.05) is 12.8 Å². The van der Waals surface area contributed by atoms with Gasteiger partial charge in [-0.25, -0.2) is 0 Å². The van der Waals surface area contributed by atoms with Crippen molar-refractivity contribution in [1.82, 2.24) is 30.2 Å². The van der Waals surface area contributed by atoms with Crippen molar-refractivity contribution >= 4 is 11.7 Å². The standard InChI is InChI=1S/C20H29N7O/c1-25-14-16(13-21-25)15-26-9-4-10-27(12-11-26)19-8-7-18(23-24-19)20(28)22-17-5-2-3-6-17/h7-8,13-14,17H,2-6,9-12,15H2,1H3,(H,22,28). The minimum Gasteiger partial charge on any atom is -0.354 e. The number of amides is 1. The van der Waals surface area contributed by atoms with Crippen LogP contribution in [0.5, 0.6) is 0 Å². The molecule has 2 aliphatic rings. The third-order valence-electron chi connectivity index (χ3n) is 5.65. The van der Waals surface area contributed by atoms with Gasteiger partial charge in [0.2, 0.25) is 0 Å². The minimum absolute atomic E-state index is 0.107. The van der Waals surface area contributed by atoms with E-state index in [1.807, 2.05) is 24.0 Å². The average molecular weight is 384 g/mol. The number of rotatable bonds is 5. The van der Waals surface area contributed by atoms with Crippen LogP contribution in [-0.4, -0.2) is 63.0 Å². The molecule has 8 nitrogen and oxygen atoms in total. The number of aryl methyl sites for hydroxylation is 1. The van der Waals surface area contributed by atoms with Gasteiger partial charge in [-0.2, -0.15) is 5.10 Å². The molecule has 0 bridgehead atoms. The van der Waals surface area contributed by atoms with Crippen LogP contribution < -0.4 is 10.2 Å². The molecule has 1 amide bonds. The summed E-state index contributed by atoms with van der Waals surface area (Å²) in [5.41, 5.74) is 1.65. The van der Waals surface area contributed by atoms with E-state index >= 15 is 0 Å². The second-order valence-electron chi connectivity index (χ2n) is 7.87. The number of carbonyl (C=O) groups excluding carboxylic acids is 1. The third-order valence-corrected chi connectivity index (χ3v) is 5.65. The normalized spacial score (nSPS) is 19.0. The highest BCUT2D eigenvalue weighted by molar-refractivity contribution is 5.92. The van der Waals surface area contributed by atoms with Crippen molar-refractivity contribution in [2.45, 2.75) is 44.7 Å². The van der Waals surface area contributed by atoms with Crippen molar-refractivity contribution in [2.24, 2.45) is 7.05 Å². The van der Waals surface area contributed by atoms with E-state index in [-0.39, 0.29) is 5.91 Å². The summed E-state index contributed by atoms with van der Waals surface area (Å²) in [4.78, 5) is 17.0. The molecular weight excluding hydrogens is 354 g/mol. The van der Waals surface area contributed by atoms with E-state index in [2.05, 4.69) is 36.6 Å². The molecule has 2 aromatic heterocycles. The number of hydrogen-bond donors (Lipinski definition) is 1. The highest BCUT2D eigenvalue weighted by Crippen LogP contribution is 2.18. The number of carbonyl (C=O) groups is 1. The second kappa shape index (κ2) is 8.68. The monoisotopic (exact) mass is 383 g/mol. The number of nitrogens with zero attached hydrogens (tertiary/aromatic N) is 6. The number of aromatic nitrogens is 4. The van der Waals surface area contributed by atoms with E-state index in [0.29, 0.717) is 11.7 Å². The molecule has 0 aromatic carbocycles. The molecule has 1 saturated carbocycles. The average Bonchev–Trinajstić information content (AvgIpc) is 3.29. The molecule has 4 rings (SSSR count). The Bertz CT molecular complexity index is 782. The van der Waals surface area contributed by atoms with E-state index in [9.17, 15) is 4.79 Å². The zero-order valence-corrected chi connectivity index (χ0v) is 16.5. The minimum atomic E-state index is -0.107. The maximum Gasteiger partial charge on any atom is 0.272 e. The summed E-state index contributed by atoms with van der Waals surface area (Å²) in [6.07, 6.45) is 9.62. The molecule has 1 saturated heterocycles. The smallest absolute Gasteiger partial charge is 0.272 e. The SMILES string of the molecule is Cn1cc(CN2CCCN(c3ccc(C(=O)NC4CCCC4)nn3)CC2)cn1. The van der Waals surface area contributed by atoms with Crippen LogP contribution >= 0.6 is 0 Å². The van der Waals surface area contributed by atoms with Crippen LogP contribution in [0.3, 0.4) is 0 Å². The quantitative estimate of drug-likeness (QED) is 0.845. The van der Waals surface area contributed by atoms with Crippen LogP contribution in [0.2, 0.25) is 0 Å². The highest BCUT2D eigenvalue weighted by Gasteiger charge is 2.20. The van der Waals surface area contributed by atoms with E-state index < -0.39 is 0 Å². The first kappa shape index (κ1) is 18.9. The molecule has 0 unspecified atom stereocenters. The second-order valence-corrected chi connectivity index (χ2v) is 7.87. The number of nitrogens with one attached hydrogen (secondary N) is 1. The van der Waals surface area contributed by atoms with Crippen molar-refractivity contribution in [3.63, 3.8) is 0 Å². The van der Waals surface area contributed by atoms with Gasteiger partial charge in [-0.05, 0) is 31.4 Å². The first-order valence-electron chi connectivity index (χ1n) is 10.3. The van der Waals surface area contributed by atoms with Gasteiger partial charge in [-0.15, -0.1) is 10.2 Å². The Kier molecular flexibility index (Phi) is 5.85. The van der Waals surface area contributed by atoms with E-state index in [0.717, 1.165) is 57.8 Å². The highest BCUT2D eigenvalue weighted by atomic mass is 16.2. The maximum absolute atomic E-state index is 12.3. The van der Waals surface area contributed by atoms with Gasteiger partial charge in [0.25, 0.3) is 5.91 Å². The topological polar surface area (TPSA) is 79.2 Å². The van der Waals surface area contributed by atoms with Gasteiger partial charge in [-0.3, -0.25) is 14.4 Å². The lowest BCUT2D eigenvalue weighted by molar-refractivity contribution is 0.0932. The lowest BCUT2D eigenvalue weighted by atomic mass is 10.2.